The van der Waals surface area contributed by atoms with E-state index in [1.807, 2.05) is 41.5 Å². The fraction of sp³-hybridized carbons (Fsp3) is 0.692. The second-order valence-corrected chi connectivity index (χ2v) is 42.4. The van der Waals surface area contributed by atoms with Crippen molar-refractivity contribution in [1.29, 1.82) is 0 Å². The van der Waals surface area contributed by atoms with Crippen molar-refractivity contribution in [2.24, 2.45) is 46.2 Å². The predicted octanol–water partition coefficient (Wildman–Crippen LogP) is 8.32. The zero-order chi connectivity index (χ0) is 111. The monoisotopic (exact) mass is 2140 g/mol. The number of nitrogens with zero attached hydrogens (tertiary/aromatic N) is 10. The van der Waals surface area contributed by atoms with Crippen molar-refractivity contribution in [3.63, 3.8) is 0 Å². The Hall–Kier alpha value is -12.0. The second kappa shape index (κ2) is 63.4. The molecule has 0 unspecified atom stereocenters. The Morgan fingerprint density at radius 2 is 0.655 bits per heavy atom. The van der Waals surface area contributed by atoms with E-state index in [2.05, 4.69) is 62.5 Å². The standard InChI is InChI=1S/C21H30ClN5O5.C15H28N2O6S.C14H25N5O3.2C14H27N3O3.C8H7ClN2O2.2C2H2O4.CH4.ClH/c1-21(2,3)32-20(31)25-15-10-12(19(30)27(4)5)6-8-14(15)24-17(28)18(29)26-16-9-7-13(22)11-23-16;1-15(2,3)22-14(19)16-11-9-10(13(18)17(4)5)7-8-12(11)23-24(6,20)21;1-14(2,3)22-13(21)16-11-8-9(12(20)19(4)5)6-7-10(11)17-18-15;2*1-14(2,3)20-13(19)16-11-8-9(6-7-10(11)15)12(18)17(4)5;1-5(12)8(13)11-7-3-2-6(9)4-10-7;2*3-1(4)2(5)6;;/h7,9,11-12,14-15H,6,8,10H2,1-5H3,(H,24,28)(H,25,31)(H,23,26,29);10-12H,7-9H2,1-6H3,(H,16,19);9-11H,6-8H2,1-5H3,(H,16,21);2*9-11H,6-8,15H2,1-5H3,(H,16,19);2-4H,1H3,(H,10,11,13);2*(H,3,4)(H,5,6);1H4;1H/t12-,14-,15+;10-,11+,12+;3*9-,10-,11+;;;;;/m00000...../s1. The van der Waals surface area contributed by atoms with Crippen molar-refractivity contribution in [3.8, 4) is 0 Å². The van der Waals surface area contributed by atoms with Crippen LogP contribution in [0.2, 0.25) is 10.0 Å². The Balaban J connectivity index is -0.00000165. The molecule has 824 valence electrons. The molecule has 50 nitrogen and oxygen atoms in total. The first-order valence-corrected chi connectivity index (χ1v) is 48.0. The Bertz CT molecular complexity index is 4670. The van der Waals surface area contributed by atoms with Gasteiger partial charge in [-0.1, -0.05) is 35.7 Å². The SMILES string of the molecule is C.CC(=O)C(=O)Nc1ccc(Cl)cn1.CN(C)C(=O)[C@H]1CC[C@@H](OS(C)(=O)=O)[C@H](NC(=O)OC(C)(C)C)C1.CN(C)C(=O)[C@H]1CC[C@H](N)[C@H](NC(=O)OC(C)(C)C)C1.CN(C)C(=O)[C@H]1CC[C@H](N)[C@H](NC(=O)OC(C)(C)C)C1.CN(C)C(=O)[C@H]1CC[C@H](N=[N+]=[N-])[C@H](NC(=O)OC(C)(C)C)C1.CN(C)C(=O)[C@H]1CC[C@H](NC(=O)C(=O)Nc2ccc(Cl)cn2)[C@H](NC(=O)OC(C)(C)C)C1.Cl.O=C(O)C(=O)O.O=C(O)C(=O)O. The van der Waals surface area contributed by atoms with E-state index >= 15 is 0 Å². The molecule has 16 N–H and O–H groups in total. The first-order valence-electron chi connectivity index (χ1n) is 45.4. The number of rotatable bonds is 17. The van der Waals surface area contributed by atoms with Crippen molar-refractivity contribution >= 4 is 165 Å². The van der Waals surface area contributed by atoms with Crippen LogP contribution in [0.5, 0.6) is 0 Å². The maximum atomic E-state index is 12.5. The highest BCUT2D eigenvalue weighted by atomic mass is 35.5. The Kier molecular flexibility index (Phi) is 59.9. The van der Waals surface area contributed by atoms with Gasteiger partial charge in [-0.2, -0.15) is 8.42 Å². The minimum Gasteiger partial charge on any atom is -0.473 e. The van der Waals surface area contributed by atoms with Gasteiger partial charge < -0.3 is 123 Å². The molecule has 0 aromatic carbocycles. The zero-order valence-corrected chi connectivity index (χ0v) is 90.0. The summed E-state index contributed by atoms with van der Waals surface area (Å²) in [6, 6.07) is 2.90. The number of anilines is 2. The molecule has 13 amide bonds. The third kappa shape index (κ3) is 59.3. The summed E-state index contributed by atoms with van der Waals surface area (Å²) in [7, 11) is 13.4. The molecule has 5 aliphatic rings. The van der Waals surface area contributed by atoms with E-state index in [0.29, 0.717) is 86.5 Å². The molecule has 2 aromatic rings. The van der Waals surface area contributed by atoms with E-state index in [1.54, 1.807) is 154 Å². The smallest absolute Gasteiger partial charge is 0.414 e. The Morgan fingerprint density at radius 3 is 0.931 bits per heavy atom. The number of carbonyl (C=O) groups is 18. The maximum absolute atomic E-state index is 12.5. The van der Waals surface area contributed by atoms with Crippen molar-refractivity contribution < 1.29 is 143 Å². The number of hydrogen-bond donors (Lipinski definition) is 14. The van der Waals surface area contributed by atoms with Crippen molar-refractivity contribution in [2.75, 3.05) is 87.4 Å². The Labute approximate surface area is 863 Å². The lowest BCUT2D eigenvalue weighted by Crippen LogP contribution is -2.57. The molecular formula is C91H153Cl3N20O30S. The molecule has 5 aliphatic carbocycles. The number of ketones is 1. The number of hydrogen-bond acceptors (Lipinski definition) is 31. The number of carboxylic acid groups (broad SMARTS) is 4. The number of aromatic nitrogens is 2. The van der Waals surface area contributed by atoms with Crippen LogP contribution >= 0.6 is 35.6 Å². The number of nitrogens with one attached hydrogen (secondary N) is 8. The van der Waals surface area contributed by atoms with E-state index in [1.165, 1.54) is 47.3 Å². The van der Waals surface area contributed by atoms with E-state index < -0.39 is 146 Å². The molecule has 54 heteroatoms. The van der Waals surface area contributed by atoms with Gasteiger partial charge in [0.05, 0.1) is 40.5 Å². The molecule has 0 saturated heterocycles. The quantitative estimate of drug-likeness (QED) is 0.0177. The lowest BCUT2D eigenvalue weighted by Gasteiger charge is -2.37. The van der Waals surface area contributed by atoms with Gasteiger partial charge in [-0.15, -0.1) is 12.4 Å². The van der Waals surface area contributed by atoms with Crippen LogP contribution in [0.15, 0.2) is 41.8 Å². The van der Waals surface area contributed by atoms with Gasteiger partial charge in [0.25, 0.3) is 16.0 Å². The summed E-state index contributed by atoms with van der Waals surface area (Å²) in [4.78, 5) is 221. The van der Waals surface area contributed by atoms with Crippen LogP contribution in [-0.4, -0.2) is 336 Å². The molecule has 5 fully saturated rings. The number of halogens is 3. The predicted molar refractivity (Wildman–Crippen MR) is 537 cm³/mol. The van der Waals surface area contributed by atoms with Crippen LogP contribution in [-0.2, 0) is 100 Å². The summed E-state index contributed by atoms with van der Waals surface area (Å²) in [5, 5.41) is 55.2. The fourth-order valence-electron chi connectivity index (χ4n) is 14.1. The molecule has 0 bridgehead atoms. The normalized spacial score (nSPS) is 21.3. The first-order chi connectivity index (χ1) is 65.3. The van der Waals surface area contributed by atoms with Crippen LogP contribution in [0, 0.1) is 29.6 Å². The largest absolute Gasteiger partial charge is 0.473 e. The van der Waals surface area contributed by atoms with Gasteiger partial charge >= 0.3 is 66.2 Å². The topological polar surface area (TPSA) is 717 Å². The minimum absolute atomic E-state index is 0. The van der Waals surface area contributed by atoms with Gasteiger partial charge in [0.15, 0.2) is 0 Å². The van der Waals surface area contributed by atoms with Gasteiger partial charge in [-0.05, 0) is 230 Å². The number of Topliss-reactive ketones (excluding diaryl/α,β-unsaturated/α-hetero) is 1. The summed E-state index contributed by atoms with van der Waals surface area (Å²) in [5.74, 6) is -10.7. The maximum Gasteiger partial charge on any atom is 0.414 e. The van der Waals surface area contributed by atoms with E-state index in [9.17, 15) is 75.5 Å². The average Bonchev–Trinajstić information content (AvgIpc) is 0.906. The average molecular weight is 2150 g/mol. The van der Waals surface area contributed by atoms with E-state index in [4.69, 9.17) is 108 Å². The van der Waals surface area contributed by atoms with Gasteiger partial charge in [-0.3, -0.25) is 47.3 Å². The third-order valence-electron chi connectivity index (χ3n) is 20.4. The van der Waals surface area contributed by atoms with Gasteiger partial charge in [0.1, 0.15) is 39.6 Å². The lowest BCUT2D eigenvalue weighted by atomic mass is 9.81. The molecule has 2 heterocycles. The number of carbonyl (C=O) groups excluding carboxylic acids is 14. The van der Waals surface area contributed by atoms with Crippen LogP contribution in [0.25, 0.3) is 10.4 Å². The van der Waals surface area contributed by atoms with Gasteiger partial charge in [0.2, 0.25) is 35.3 Å². The lowest BCUT2D eigenvalue weighted by molar-refractivity contribution is -0.159. The molecule has 15 atom stereocenters. The van der Waals surface area contributed by atoms with E-state index in [0.717, 1.165) is 31.9 Å². The summed E-state index contributed by atoms with van der Waals surface area (Å²) < 4.78 is 54.2. The minimum atomic E-state index is -3.67. The van der Waals surface area contributed by atoms with Crippen LogP contribution in [0.4, 0.5) is 35.6 Å². The highest BCUT2D eigenvalue weighted by molar-refractivity contribution is 7.86. The highest BCUT2D eigenvalue weighted by Gasteiger charge is 2.43. The molecule has 0 radical (unpaired) electrons. The van der Waals surface area contributed by atoms with Crippen molar-refractivity contribution in [2.45, 2.75) is 303 Å². The number of nitrogens with two attached hydrogens (primary N) is 2. The number of azide groups is 1. The number of aliphatic carboxylic acids is 4. The van der Waals surface area contributed by atoms with Crippen LogP contribution < -0.4 is 54.0 Å². The third-order valence-corrected chi connectivity index (χ3v) is 21.4. The highest BCUT2D eigenvalue weighted by Crippen LogP contribution is 2.34. The number of ether oxygens (including phenoxy) is 5. The first kappa shape index (κ1) is 137. The summed E-state index contributed by atoms with van der Waals surface area (Å²) in [6.07, 6.45) is 8.32. The number of alkyl carbamates (subject to hydrolysis) is 5. The summed E-state index contributed by atoms with van der Waals surface area (Å²) in [6.45, 7) is 27.8. The molecule has 7 rings (SSSR count). The molecule has 0 spiro atoms. The van der Waals surface area contributed by atoms with Gasteiger partial charge in [-0.25, -0.2) is 53.1 Å². The zero-order valence-electron chi connectivity index (χ0n) is 86.8. The molecular weight excluding hydrogens is 1990 g/mol. The van der Waals surface area contributed by atoms with Crippen LogP contribution in [0.1, 0.15) is 215 Å². The van der Waals surface area contributed by atoms with Crippen molar-refractivity contribution in [1.82, 2.24) is 66.4 Å². The van der Waals surface area contributed by atoms with E-state index in [-0.39, 0.29) is 115 Å². The number of carboxylic acids is 4. The number of amides is 13. The second-order valence-electron chi connectivity index (χ2n) is 39.9. The molecule has 2 aromatic heterocycles. The van der Waals surface area contributed by atoms with Gasteiger partial charge in [0, 0.05) is 161 Å². The summed E-state index contributed by atoms with van der Waals surface area (Å²) >= 11 is 11.3. The molecule has 0 aliphatic heterocycles. The van der Waals surface area contributed by atoms with Crippen LogP contribution in [0.3, 0.4) is 0 Å². The molecule has 5 saturated carbocycles. The summed E-state index contributed by atoms with van der Waals surface area (Å²) in [5.41, 5.74) is 17.7. The fourth-order valence-corrected chi connectivity index (χ4v) is 15.0. The van der Waals surface area contributed by atoms with Crippen molar-refractivity contribution in [3.05, 3.63) is 57.1 Å². The number of pyridine rings is 2. The molecule has 145 heavy (non-hydrogen) atoms. The Morgan fingerprint density at radius 1 is 0.393 bits per heavy atom.